The van der Waals surface area contributed by atoms with Crippen LogP contribution in [0.3, 0.4) is 0 Å². The van der Waals surface area contributed by atoms with Crippen LogP contribution in [0.5, 0.6) is 0 Å². The number of carbonyl (C=O) groups is 2. The van der Waals surface area contributed by atoms with Gasteiger partial charge in [-0.25, -0.2) is 92.6 Å². The molecule has 0 aliphatic carbocycles. The third-order valence-electron chi connectivity index (χ3n) is 14.5. The van der Waals surface area contributed by atoms with Crippen molar-refractivity contribution in [2.75, 3.05) is 6.61 Å². The Morgan fingerprint density at radius 2 is 0.635 bits per heavy atom. The molecule has 0 N–H and O–H groups in total. The first-order valence-electron chi connectivity index (χ1n) is 26.8. The predicted molar refractivity (Wildman–Crippen MR) is 274 cm³/mol. The van der Waals surface area contributed by atoms with Crippen molar-refractivity contribution in [3.05, 3.63) is 194 Å². The topological polar surface area (TPSA) is 47.3 Å². The van der Waals surface area contributed by atoms with Crippen LogP contribution in [0.25, 0.3) is 10.9 Å². The lowest BCUT2D eigenvalue weighted by Gasteiger charge is -2.44. The standard InChI is InChI=1S/C36H50NO3.C24BF20/c1-2-3-4-5-6-7-8-9-10-11-12-13-14-15-16-19-29-40-36(39)33-26-24-32(25-27-33)35(38)30-37-28-20-22-31-21-17-18-23-34(31)37;26-5-1(6(27)14(35)21(42)13(5)34)25(2-7(28)15(36)22(43)16(37)8(2)29,3-9(30)17(38)23(44)18(39)10(3)31)4-11(32)19(40)24(45)20(41)12(4)33/h17-18,20-28H,2-16,19,29-30H2,1H3;/q+1;-1. The summed E-state index contributed by atoms with van der Waals surface area (Å²) < 4.78 is 301. The van der Waals surface area contributed by atoms with Gasteiger partial charge in [0.1, 0.15) is 52.7 Å². The maximum atomic E-state index is 15.4. The first-order valence-corrected chi connectivity index (χ1v) is 26.8. The van der Waals surface area contributed by atoms with Gasteiger partial charge in [0.05, 0.1) is 12.2 Å². The number of nitrogens with zero attached hydrogens (tertiary/aromatic N) is 1. The van der Waals surface area contributed by atoms with Crippen LogP contribution in [-0.2, 0) is 11.3 Å². The minimum atomic E-state index is -7.22. The number of hydrogen-bond donors (Lipinski definition) is 0. The third kappa shape index (κ3) is 14.0. The molecule has 7 rings (SSSR count). The van der Waals surface area contributed by atoms with Gasteiger partial charge in [-0.2, -0.15) is 4.57 Å². The van der Waals surface area contributed by atoms with Crippen molar-refractivity contribution in [3.8, 4) is 0 Å². The SMILES string of the molecule is CCCCCCCCCCCCCCCCCCOC(=O)c1ccc(C(=O)C[n+]2cccc3ccccc32)cc1.Fc1c(F)c(F)c([B-](c2c(F)c(F)c(F)c(F)c2F)(c2c(F)c(F)c(F)c(F)c2F)c2c(F)c(F)c(F)c(F)c2F)c(F)c1F. The summed E-state index contributed by atoms with van der Waals surface area (Å²) in [6.45, 7) is 2.99. The molecule has 1 aromatic heterocycles. The number of rotatable bonds is 25. The molecule has 456 valence electrons. The van der Waals surface area contributed by atoms with E-state index < -0.39 is 144 Å². The predicted octanol–water partition coefficient (Wildman–Crippen LogP) is 15.3. The lowest BCUT2D eigenvalue weighted by Crippen LogP contribution is -2.81. The minimum absolute atomic E-state index is 0.00874. The van der Waals surface area contributed by atoms with Crippen LogP contribution >= 0.6 is 0 Å². The summed E-state index contributed by atoms with van der Waals surface area (Å²) in [6, 6.07) is 18.8. The van der Waals surface area contributed by atoms with Crippen molar-refractivity contribution in [1.29, 1.82) is 0 Å². The van der Waals surface area contributed by atoms with Gasteiger partial charge in [0.15, 0.2) is 76.0 Å². The number of unbranched alkanes of at least 4 members (excludes halogenated alkanes) is 15. The number of benzene rings is 6. The van der Waals surface area contributed by atoms with Crippen LogP contribution in [0.1, 0.15) is 130 Å². The summed E-state index contributed by atoms with van der Waals surface area (Å²) >= 11 is 0. The molecule has 0 saturated carbocycles. The Hall–Kier alpha value is -7.47. The minimum Gasteiger partial charge on any atom is -0.462 e. The Morgan fingerprint density at radius 1 is 0.353 bits per heavy atom. The Morgan fingerprint density at radius 3 is 0.976 bits per heavy atom. The molecule has 6 aromatic carbocycles. The van der Waals surface area contributed by atoms with Gasteiger partial charge in [0.2, 0.25) is 17.8 Å². The number of ketones is 1. The molecule has 0 fully saturated rings. The normalized spacial score (nSPS) is 11.6. The smallest absolute Gasteiger partial charge is 0.338 e. The largest absolute Gasteiger partial charge is 0.462 e. The molecule has 0 radical (unpaired) electrons. The average molecular weight is 1220 g/mol. The zero-order chi connectivity index (χ0) is 62.6. The number of Topliss-reactive ketones (excluding diaryl/α,β-unsaturated/α-hetero) is 1. The van der Waals surface area contributed by atoms with Gasteiger partial charge in [-0.1, -0.05) is 128 Å². The van der Waals surface area contributed by atoms with E-state index in [0.29, 0.717) is 17.7 Å². The van der Waals surface area contributed by atoms with Crippen molar-refractivity contribution < 1.29 is 107 Å². The molecule has 7 aromatic rings. The van der Waals surface area contributed by atoms with Crippen molar-refractivity contribution in [2.24, 2.45) is 0 Å². The molecule has 0 aliphatic heterocycles. The van der Waals surface area contributed by atoms with Gasteiger partial charge < -0.3 is 4.74 Å². The zero-order valence-corrected chi connectivity index (χ0v) is 44.9. The fourth-order valence-electron chi connectivity index (χ4n) is 10.2. The number of para-hydroxylation sites is 1. The lowest BCUT2D eigenvalue weighted by atomic mass is 9.12. The van der Waals surface area contributed by atoms with Gasteiger partial charge in [0, 0.05) is 23.1 Å². The van der Waals surface area contributed by atoms with Crippen molar-refractivity contribution in [2.45, 2.75) is 116 Å². The highest BCUT2D eigenvalue weighted by molar-refractivity contribution is 7.20. The lowest BCUT2D eigenvalue weighted by molar-refractivity contribution is -0.657. The second kappa shape index (κ2) is 29.6. The molecular weight excluding hydrogens is 1170 g/mol. The van der Waals surface area contributed by atoms with Crippen LogP contribution in [0.2, 0.25) is 0 Å². The van der Waals surface area contributed by atoms with Crippen molar-refractivity contribution >= 4 is 50.7 Å². The summed E-state index contributed by atoms with van der Waals surface area (Å²) in [4.78, 5) is 25.3. The number of ether oxygens (including phenoxy) is 1. The van der Waals surface area contributed by atoms with E-state index in [1.807, 2.05) is 47.2 Å². The molecule has 1 heterocycles. The van der Waals surface area contributed by atoms with Gasteiger partial charge in [-0.05, 0) is 30.7 Å². The van der Waals surface area contributed by atoms with E-state index in [1.54, 1.807) is 24.3 Å². The van der Waals surface area contributed by atoms with Crippen molar-refractivity contribution in [3.63, 3.8) is 0 Å². The first-order chi connectivity index (χ1) is 40.4. The van der Waals surface area contributed by atoms with Crippen LogP contribution in [0.4, 0.5) is 87.8 Å². The van der Waals surface area contributed by atoms with Gasteiger partial charge >= 0.3 is 5.97 Å². The first kappa shape index (κ1) is 66.7. The fraction of sp³-hybridized carbons (Fsp3) is 0.317. The quantitative estimate of drug-likeness (QED) is 0.00837. The molecule has 0 spiro atoms. The molecule has 0 bridgehead atoms. The summed E-state index contributed by atoms with van der Waals surface area (Å²) in [7, 11) is 0. The molecule has 0 aliphatic rings. The molecular formula is C60H50BF20NO3. The highest BCUT2D eigenvalue weighted by atomic mass is 19.2. The summed E-state index contributed by atoms with van der Waals surface area (Å²) in [5.41, 5.74) is -12.2. The average Bonchev–Trinajstić information content (AvgIpc) is 0.710. The molecule has 85 heavy (non-hydrogen) atoms. The highest BCUT2D eigenvalue weighted by Gasteiger charge is 2.52. The summed E-state index contributed by atoms with van der Waals surface area (Å²) in [6.07, 6.45) is 15.9. The highest BCUT2D eigenvalue weighted by Crippen LogP contribution is 2.31. The van der Waals surface area contributed by atoms with Gasteiger partial charge in [-0.3, -0.25) is 4.79 Å². The number of esters is 1. The van der Waals surface area contributed by atoms with E-state index in [9.17, 15) is 62.3 Å². The van der Waals surface area contributed by atoms with E-state index in [0.717, 1.165) is 23.7 Å². The van der Waals surface area contributed by atoms with E-state index in [4.69, 9.17) is 4.74 Å². The Kier molecular flexibility index (Phi) is 23.2. The molecule has 0 saturated heterocycles. The Bertz CT molecular complexity index is 3180. The van der Waals surface area contributed by atoms with Crippen LogP contribution in [0.15, 0.2) is 66.9 Å². The second-order valence-corrected chi connectivity index (χ2v) is 19.9. The third-order valence-corrected chi connectivity index (χ3v) is 14.5. The van der Waals surface area contributed by atoms with E-state index in [2.05, 4.69) is 6.92 Å². The van der Waals surface area contributed by atoms with E-state index in [-0.39, 0.29) is 18.3 Å². The molecule has 4 nitrogen and oxygen atoms in total. The van der Waals surface area contributed by atoms with Crippen molar-refractivity contribution in [1.82, 2.24) is 0 Å². The number of aromatic nitrogens is 1. The maximum Gasteiger partial charge on any atom is 0.338 e. The van der Waals surface area contributed by atoms with E-state index >= 15 is 35.1 Å². The summed E-state index contributed by atoms with van der Waals surface area (Å²) in [5.74, 6) is -71.7. The fourth-order valence-corrected chi connectivity index (χ4v) is 10.2. The summed E-state index contributed by atoms with van der Waals surface area (Å²) in [5, 5.41) is 1.10. The molecule has 0 unspecified atom stereocenters. The molecule has 0 atom stereocenters. The van der Waals surface area contributed by atoms with Gasteiger partial charge in [0.25, 0.3) is 0 Å². The van der Waals surface area contributed by atoms with Crippen LogP contribution in [-0.4, -0.2) is 24.5 Å². The monoisotopic (exact) mass is 1220 g/mol. The number of hydrogen-bond acceptors (Lipinski definition) is 3. The van der Waals surface area contributed by atoms with E-state index in [1.165, 1.54) is 89.9 Å². The number of carbonyl (C=O) groups excluding carboxylic acids is 2. The molecule has 25 heteroatoms. The van der Waals surface area contributed by atoms with Gasteiger partial charge in [-0.15, -0.1) is 21.9 Å². The second-order valence-electron chi connectivity index (χ2n) is 19.9. The Labute approximate surface area is 473 Å². The number of fused-ring (bicyclic) bond motifs is 1. The Balaban J connectivity index is 0.000000274. The zero-order valence-electron chi connectivity index (χ0n) is 44.9. The molecule has 0 amide bonds. The maximum absolute atomic E-state index is 15.4. The van der Waals surface area contributed by atoms with Crippen LogP contribution in [0, 0.1) is 116 Å². The number of pyridine rings is 1. The number of halogens is 20. The van der Waals surface area contributed by atoms with Crippen LogP contribution < -0.4 is 26.4 Å².